The van der Waals surface area contributed by atoms with Crippen molar-refractivity contribution >= 4 is 23.4 Å². The number of carbonyl (C=O) groups is 2. The molecule has 2 amide bonds. The third-order valence-corrected chi connectivity index (χ3v) is 5.62. The fourth-order valence-corrected chi connectivity index (χ4v) is 3.99. The number of rotatable bonds is 5. The van der Waals surface area contributed by atoms with E-state index in [1.165, 1.54) is 0 Å². The van der Waals surface area contributed by atoms with Crippen LogP contribution in [-0.4, -0.2) is 47.8 Å². The molecule has 1 atom stereocenters. The average molecular weight is 363 g/mol. The molecule has 0 bridgehead atoms. The molecule has 0 radical (unpaired) electrons. The summed E-state index contributed by atoms with van der Waals surface area (Å²) in [6.07, 6.45) is 6.40. The van der Waals surface area contributed by atoms with E-state index >= 15 is 0 Å². The highest BCUT2D eigenvalue weighted by molar-refractivity contribution is 6.30. The molecule has 2 aliphatic rings. The highest BCUT2D eigenvalue weighted by Gasteiger charge is 2.25. The Labute approximate surface area is 155 Å². The number of hydrogen-bond acceptors (Lipinski definition) is 2. The molecule has 2 fully saturated rings. The van der Waals surface area contributed by atoms with Crippen LogP contribution in [-0.2, 0) is 16.0 Å². The predicted octanol–water partition coefficient (Wildman–Crippen LogP) is 3.52. The molecular weight excluding hydrogens is 336 g/mol. The number of hydrogen-bond donors (Lipinski definition) is 0. The van der Waals surface area contributed by atoms with Crippen molar-refractivity contribution in [1.82, 2.24) is 9.80 Å². The zero-order valence-electron chi connectivity index (χ0n) is 14.8. The van der Waals surface area contributed by atoms with Gasteiger partial charge in [-0.15, -0.1) is 0 Å². The van der Waals surface area contributed by atoms with Crippen molar-refractivity contribution in [2.75, 3.05) is 26.2 Å². The Balaban J connectivity index is 1.46. The predicted molar refractivity (Wildman–Crippen MR) is 99.5 cm³/mol. The molecule has 2 saturated heterocycles. The standard InChI is InChI=1S/C20H27ClN2O2/c21-18-8-5-16(6-9-18)14-20(25)23-13-3-4-17(15-23)7-10-19(24)22-11-1-2-12-22/h5-6,8-9,17H,1-4,7,10-15H2/t17-/m1/s1. The van der Waals surface area contributed by atoms with Gasteiger partial charge in [0.2, 0.25) is 11.8 Å². The smallest absolute Gasteiger partial charge is 0.226 e. The zero-order valence-corrected chi connectivity index (χ0v) is 15.5. The van der Waals surface area contributed by atoms with Crippen LogP contribution in [0.4, 0.5) is 0 Å². The van der Waals surface area contributed by atoms with Crippen molar-refractivity contribution in [2.45, 2.75) is 44.9 Å². The summed E-state index contributed by atoms with van der Waals surface area (Å²) in [5, 5.41) is 0.692. The maximum atomic E-state index is 12.6. The SMILES string of the molecule is O=C(CC[C@H]1CCCN(C(=O)Cc2ccc(Cl)cc2)C1)N1CCCC1. The molecule has 4 nitrogen and oxygen atoms in total. The summed E-state index contributed by atoms with van der Waals surface area (Å²) in [4.78, 5) is 28.7. The van der Waals surface area contributed by atoms with Crippen LogP contribution in [0.1, 0.15) is 44.1 Å². The molecule has 3 rings (SSSR count). The lowest BCUT2D eigenvalue weighted by atomic mass is 9.92. The second-order valence-electron chi connectivity index (χ2n) is 7.28. The zero-order chi connectivity index (χ0) is 17.6. The molecule has 0 aliphatic carbocycles. The van der Waals surface area contributed by atoms with Gasteiger partial charge in [-0.3, -0.25) is 9.59 Å². The van der Waals surface area contributed by atoms with Gasteiger partial charge in [-0.05, 0) is 55.7 Å². The Hall–Kier alpha value is -1.55. The summed E-state index contributed by atoms with van der Waals surface area (Å²) in [6, 6.07) is 7.48. The van der Waals surface area contributed by atoms with Gasteiger partial charge >= 0.3 is 0 Å². The molecule has 2 aliphatic heterocycles. The number of likely N-dealkylation sites (tertiary alicyclic amines) is 2. The van der Waals surface area contributed by atoms with Gasteiger partial charge in [-0.2, -0.15) is 0 Å². The van der Waals surface area contributed by atoms with E-state index in [0.717, 1.165) is 63.8 Å². The molecule has 25 heavy (non-hydrogen) atoms. The van der Waals surface area contributed by atoms with Crippen LogP contribution in [0.25, 0.3) is 0 Å². The van der Waals surface area contributed by atoms with E-state index < -0.39 is 0 Å². The van der Waals surface area contributed by atoms with Crippen LogP contribution < -0.4 is 0 Å². The summed E-state index contributed by atoms with van der Waals surface area (Å²) in [5.41, 5.74) is 1.00. The topological polar surface area (TPSA) is 40.6 Å². The summed E-state index contributed by atoms with van der Waals surface area (Å²) < 4.78 is 0. The van der Waals surface area contributed by atoms with Crippen LogP contribution in [0.5, 0.6) is 0 Å². The Morgan fingerprint density at radius 3 is 2.36 bits per heavy atom. The third-order valence-electron chi connectivity index (χ3n) is 5.37. The number of amides is 2. The van der Waals surface area contributed by atoms with Crippen molar-refractivity contribution < 1.29 is 9.59 Å². The Kier molecular flexibility index (Phi) is 6.35. The Bertz CT molecular complexity index is 596. The van der Waals surface area contributed by atoms with Crippen molar-refractivity contribution in [1.29, 1.82) is 0 Å². The van der Waals surface area contributed by atoms with Crippen molar-refractivity contribution in [3.63, 3.8) is 0 Å². The summed E-state index contributed by atoms with van der Waals surface area (Å²) in [5.74, 6) is 0.925. The first-order valence-corrected chi connectivity index (χ1v) is 9.79. The molecule has 1 aromatic carbocycles. The Morgan fingerprint density at radius 1 is 0.960 bits per heavy atom. The fourth-order valence-electron chi connectivity index (χ4n) is 3.87. The van der Waals surface area contributed by atoms with Crippen LogP contribution in [0.2, 0.25) is 5.02 Å². The van der Waals surface area contributed by atoms with Crippen LogP contribution in [0.3, 0.4) is 0 Å². The van der Waals surface area contributed by atoms with Crippen molar-refractivity contribution in [2.24, 2.45) is 5.92 Å². The van der Waals surface area contributed by atoms with Crippen LogP contribution >= 0.6 is 11.6 Å². The highest BCUT2D eigenvalue weighted by atomic mass is 35.5. The highest BCUT2D eigenvalue weighted by Crippen LogP contribution is 2.23. The second-order valence-corrected chi connectivity index (χ2v) is 7.71. The van der Waals surface area contributed by atoms with Gasteiger partial charge in [-0.25, -0.2) is 0 Å². The lowest BCUT2D eigenvalue weighted by molar-refractivity contribution is -0.132. The first-order valence-electron chi connectivity index (χ1n) is 9.42. The quantitative estimate of drug-likeness (QED) is 0.804. The first kappa shape index (κ1) is 18.2. The van der Waals surface area contributed by atoms with E-state index in [0.29, 0.717) is 29.7 Å². The van der Waals surface area contributed by atoms with Crippen LogP contribution in [0, 0.1) is 5.92 Å². The minimum absolute atomic E-state index is 0.179. The monoisotopic (exact) mass is 362 g/mol. The largest absolute Gasteiger partial charge is 0.343 e. The minimum atomic E-state index is 0.179. The number of piperidine rings is 1. The van der Waals surface area contributed by atoms with Gasteiger partial charge < -0.3 is 9.80 Å². The maximum absolute atomic E-state index is 12.6. The fraction of sp³-hybridized carbons (Fsp3) is 0.600. The van der Waals surface area contributed by atoms with Gasteiger partial charge in [0.15, 0.2) is 0 Å². The maximum Gasteiger partial charge on any atom is 0.226 e. The normalized spacial score (nSPS) is 20.8. The average Bonchev–Trinajstić information content (AvgIpc) is 3.16. The van der Waals surface area contributed by atoms with Gasteiger partial charge in [0.05, 0.1) is 6.42 Å². The number of nitrogens with zero attached hydrogens (tertiary/aromatic N) is 2. The molecule has 0 aromatic heterocycles. The van der Waals surface area contributed by atoms with E-state index in [2.05, 4.69) is 0 Å². The van der Waals surface area contributed by atoms with E-state index in [1.54, 1.807) is 0 Å². The molecule has 1 aromatic rings. The Morgan fingerprint density at radius 2 is 1.64 bits per heavy atom. The number of carbonyl (C=O) groups excluding carboxylic acids is 2. The molecule has 0 unspecified atom stereocenters. The van der Waals surface area contributed by atoms with Gasteiger partial charge in [0, 0.05) is 37.6 Å². The summed E-state index contributed by atoms with van der Waals surface area (Å²) >= 11 is 5.90. The third kappa shape index (κ3) is 5.21. The minimum Gasteiger partial charge on any atom is -0.343 e. The van der Waals surface area contributed by atoms with Crippen LogP contribution in [0.15, 0.2) is 24.3 Å². The second kappa shape index (κ2) is 8.70. The van der Waals surface area contributed by atoms with E-state index in [1.807, 2.05) is 34.1 Å². The lowest BCUT2D eigenvalue weighted by Crippen LogP contribution is -2.41. The molecule has 2 heterocycles. The summed E-state index contributed by atoms with van der Waals surface area (Å²) in [6.45, 7) is 3.48. The molecule has 0 saturated carbocycles. The molecule has 0 spiro atoms. The van der Waals surface area contributed by atoms with Gasteiger partial charge in [0.1, 0.15) is 0 Å². The van der Waals surface area contributed by atoms with Crippen molar-refractivity contribution in [3.05, 3.63) is 34.9 Å². The van der Waals surface area contributed by atoms with Gasteiger partial charge in [0.25, 0.3) is 0 Å². The molecular formula is C20H27ClN2O2. The van der Waals surface area contributed by atoms with E-state index in [9.17, 15) is 9.59 Å². The van der Waals surface area contributed by atoms with Gasteiger partial charge in [-0.1, -0.05) is 23.7 Å². The molecule has 0 N–H and O–H groups in total. The number of halogens is 1. The lowest BCUT2D eigenvalue weighted by Gasteiger charge is -2.33. The molecule has 5 heteroatoms. The van der Waals surface area contributed by atoms with Crippen molar-refractivity contribution in [3.8, 4) is 0 Å². The molecule has 136 valence electrons. The summed E-state index contributed by atoms with van der Waals surface area (Å²) in [7, 11) is 0. The van der Waals surface area contributed by atoms with E-state index in [4.69, 9.17) is 11.6 Å². The number of benzene rings is 1. The van der Waals surface area contributed by atoms with E-state index in [-0.39, 0.29) is 5.91 Å². The first-order chi connectivity index (χ1) is 12.1.